The van der Waals surface area contributed by atoms with Gasteiger partial charge in [-0.05, 0) is 49.4 Å². The van der Waals surface area contributed by atoms with Gasteiger partial charge in [0.05, 0.1) is 17.5 Å². The molecule has 0 spiro atoms. The van der Waals surface area contributed by atoms with E-state index in [9.17, 15) is 9.59 Å². The molecule has 160 valence electrons. The second kappa shape index (κ2) is 7.08. The van der Waals surface area contributed by atoms with Crippen LogP contribution in [-0.2, 0) is 14.4 Å². The van der Waals surface area contributed by atoms with Crippen molar-refractivity contribution in [3.63, 3.8) is 0 Å². The summed E-state index contributed by atoms with van der Waals surface area (Å²) in [5.41, 5.74) is 1.82. The number of oxime groups is 1. The van der Waals surface area contributed by atoms with Gasteiger partial charge in [0.2, 0.25) is 11.8 Å². The predicted octanol–water partition coefficient (Wildman–Crippen LogP) is 2.89. The Hall–Kier alpha value is -2.88. The molecule has 4 fully saturated rings. The van der Waals surface area contributed by atoms with Crippen molar-refractivity contribution in [3.05, 3.63) is 29.8 Å². The fourth-order valence-corrected chi connectivity index (χ4v) is 6.92. The fraction of sp³-hybridized carbons (Fsp3) is 0.583. The number of fused-ring (bicyclic) bond motifs is 8. The maximum Gasteiger partial charge on any atom is 0.233 e. The van der Waals surface area contributed by atoms with Gasteiger partial charge < -0.3 is 9.57 Å². The Balaban J connectivity index is 1.25. The van der Waals surface area contributed by atoms with E-state index in [2.05, 4.69) is 5.16 Å². The first-order chi connectivity index (χ1) is 15.2. The van der Waals surface area contributed by atoms with Crippen LogP contribution in [0.4, 0.5) is 0 Å². The second-order valence-electron chi connectivity index (χ2n) is 9.50. The summed E-state index contributed by atoms with van der Waals surface area (Å²) in [6.45, 7) is 0.00849. The maximum atomic E-state index is 13.4. The molecule has 0 aromatic heterocycles. The summed E-state index contributed by atoms with van der Waals surface area (Å²) in [5, 5.41) is 13.1. The molecule has 1 saturated heterocycles. The number of likely N-dealkylation sites (tertiary alicyclic amines) is 1. The van der Waals surface area contributed by atoms with E-state index in [-0.39, 0.29) is 60.2 Å². The van der Waals surface area contributed by atoms with Crippen molar-refractivity contribution in [2.45, 2.75) is 50.7 Å². The largest absolute Gasteiger partial charge is 0.479 e. The summed E-state index contributed by atoms with van der Waals surface area (Å²) < 4.78 is 5.34. The SMILES string of the molecule is N#CCOc1ccc(C2=NO[C@@H]3[C@@H]4C[C@@H]([C@H]5C(=O)N(C6CCCCC6)C(=O)[C@@H]45)[C@H]23)cc1. The molecule has 5 aliphatic rings. The number of rotatable bonds is 4. The molecular weight excluding hydrogens is 394 g/mol. The van der Waals surface area contributed by atoms with E-state index in [0.717, 1.165) is 43.4 Å². The topological polar surface area (TPSA) is 92.0 Å². The number of carbonyl (C=O) groups is 2. The zero-order valence-corrected chi connectivity index (χ0v) is 17.3. The molecule has 1 aromatic carbocycles. The molecule has 2 aliphatic heterocycles. The van der Waals surface area contributed by atoms with E-state index in [4.69, 9.17) is 14.8 Å². The molecule has 3 aliphatic carbocycles. The van der Waals surface area contributed by atoms with Crippen LogP contribution in [0.1, 0.15) is 44.1 Å². The van der Waals surface area contributed by atoms with Crippen molar-refractivity contribution in [3.8, 4) is 11.8 Å². The minimum atomic E-state index is -0.225. The van der Waals surface area contributed by atoms with Crippen LogP contribution >= 0.6 is 0 Å². The quantitative estimate of drug-likeness (QED) is 0.700. The lowest BCUT2D eigenvalue weighted by Crippen LogP contribution is -2.42. The van der Waals surface area contributed by atoms with Gasteiger partial charge in [-0.15, -0.1) is 0 Å². The first-order valence-corrected chi connectivity index (χ1v) is 11.4. The molecule has 0 radical (unpaired) electrons. The van der Waals surface area contributed by atoms with Crippen LogP contribution in [-0.4, -0.2) is 41.2 Å². The first-order valence-electron chi connectivity index (χ1n) is 11.4. The van der Waals surface area contributed by atoms with E-state index in [1.807, 2.05) is 30.3 Å². The van der Waals surface area contributed by atoms with Gasteiger partial charge in [-0.1, -0.05) is 24.4 Å². The third-order valence-electron chi connectivity index (χ3n) is 8.12. The van der Waals surface area contributed by atoms with Crippen molar-refractivity contribution in [1.82, 2.24) is 4.90 Å². The first kappa shape index (κ1) is 18.9. The van der Waals surface area contributed by atoms with E-state index in [1.165, 1.54) is 6.42 Å². The van der Waals surface area contributed by atoms with Gasteiger partial charge in [-0.3, -0.25) is 14.5 Å². The van der Waals surface area contributed by atoms with Crippen molar-refractivity contribution in [1.29, 1.82) is 5.26 Å². The molecule has 1 aromatic rings. The Kier molecular flexibility index (Phi) is 4.31. The standard InChI is InChI=1S/C24H25N3O4/c25-10-11-30-15-8-6-13(7-9-15)21-20-16-12-17(22(20)31-26-21)19-18(16)23(28)27(24(19)29)14-4-2-1-3-5-14/h6-9,14,16-20,22H,1-5,11-12H2/t16-,17+,18+,19-,20+,22+/m0/s1. The second-order valence-corrected chi connectivity index (χ2v) is 9.50. The minimum Gasteiger partial charge on any atom is -0.479 e. The Bertz CT molecular complexity index is 991. The fourth-order valence-electron chi connectivity index (χ4n) is 6.92. The molecule has 2 bridgehead atoms. The van der Waals surface area contributed by atoms with Crippen molar-refractivity contribution < 1.29 is 19.2 Å². The van der Waals surface area contributed by atoms with Gasteiger partial charge >= 0.3 is 0 Å². The number of ether oxygens (including phenoxy) is 1. The van der Waals surface area contributed by atoms with Gasteiger partial charge in [0.15, 0.2) is 6.61 Å². The highest BCUT2D eigenvalue weighted by Crippen LogP contribution is 2.62. The summed E-state index contributed by atoms with van der Waals surface area (Å²) in [5.74, 6) is 0.533. The lowest BCUT2D eigenvalue weighted by molar-refractivity contribution is -0.144. The molecule has 7 heteroatoms. The number of nitrogens with zero attached hydrogens (tertiary/aromatic N) is 3. The highest BCUT2D eigenvalue weighted by molar-refractivity contribution is 6.09. The van der Waals surface area contributed by atoms with Crippen LogP contribution in [0.2, 0.25) is 0 Å². The summed E-state index contributed by atoms with van der Waals surface area (Å²) >= 11 is 0. The Morgan fingerprint density at radius 1 is 1.03 bits per heavy atom. The van der Waals surface area contributed by atoms with Gasteiger partial charge in [-0.25, -0.2) is 0 Å². The summed E-state index contributed by atoms with van der Waals surface area (Å²) in [7, 11) is 0. The molecular formula is C24H25N3O4. The summed E-state index contributed by atoms with van der Waals surface area (Å²) in [4.78, 5) is 34.3. The number of amides is 2. The molecule has 7 nitrogen and oxygen atoms in total. The maximum absolute atomic E-state index is 13.4. The van der Waals surface area contributed by atoms with Crippen LogP contribution < -0.4 is 4.74 Å². The van der Waals surface area contributed by atoms with Crippen LogP contribution in [0.25, 0.3) is 0 Å². The van der Waals surface area contributed by atoms with E-state index < -0.39 is 0 Å². The molecule has 2 heterocycles. The number of benzene rings is 1. The average molecular weight is 419 g/mol. The lowest BCUT2D eigenvalue weighted by Gasteiger charge is -2.30. The van der Waals surface area contributed by atoms with Crippen molar-refractivity contribution >= 4 is 17.5 Å². The predicted molar refractivity (Wildman–Crippen MR) is 110 cm³/mol. The number of hydrogen-bond acceptors (Lipinski definition) is 6. The number of nitriles is 1. The number of imide groups is 1. The van der Waals surface area contributed by atoms with Gasteiger partial charge in [0.1, 0.15) is 17.9 Å². The minimum absolute atomic E-state index is 0.00849. The molecule has 0 N–H and O–H groups in total. The van der Waals surface area contributed by atoms with Gasteiger partial charge in [0, 0.05) is 23.4 Å². The Morgan fingerprint density at radius 2 is 1.74 bits per heavy atom. The van der Waals surface area contributed by atoms with Crippen LogP contribution in [0.5, 0.6) is 5.75 Å². The molecule has 3 saturated carbocycles. The van der Waals surface area contributed by atoms with Crippen LogP contribution in [0, 0.1) is 40.9 Å². The molecule has 6 atom stereocenters. The van der Waals surface area contributed by atoms with E-state index >= 15 is 0 Å². The molecule has 2 amide bonds. The third-order valence-corrected chi connectivity index (χ3v) is 8.12. The smallest absolute Gasteiger partial charge is 0.233 e. The van der Waals surface area contributed by atoms with Crippen molar-refractivity contribution in [2.75, 3.05) is 6.61 Å². The zero-order valence-electron chi connectivity index (χ0n) is 17.3. The number of hydrogen-bond donors (Lipinski definition) is 0. The monoisotopic (exact) mass is 419 g/mol. The average Bonchev–Trinajstić information content (AvgIpc) is 3.53. The normalized spacial score (nSPS) is 36.1. The molecule has 6 rings (SSSR count). The van der Waals surface area contributed by atoms with Gasteiger partial charge in [-0.2, -0.15) is 5.26 Å². The van der Waals surface area contributed by atoms with Gasteiger partial charge in [0.25, 0.3) is 0 Å². The Morgan fingerprint density at radius 3 is 2.45 bits per heavy atom. The zero-order chi connectivity index (χ0) is 21.1. The summed E-state index contributed by atoms with van der Waals surface area (Å²) in [6.07, 6.45) is 6.04. The van der Waals surface area contributed by atoms with E-state index in [1.54, 1.807) is 4.90 Å². The van der Waals surface area contributed by atoms with Crippen molar-refractivity contribution in [2.24, 2.45) is 34.7 Å². The summed E-state index contributed by atoms with van der Waals surface area (Å²) in [6, 6.07) is 9.56. The van der Waals surface area contributed by atoms with Crippen LogP contribution in [0.3, 0.4) is 0 Å². The molecule has 0 unspecified atom stereocenters. The highest BCUT2D eigenvalue weighted by atomic mass is 16.6. The number of carbonyl (C=O) groups excluding carboxylic acids is 2. The highest BCUT2D eigenvalue weighted by Gasteiger charge is 2.70. The van der Waals surface area contributed by atoms with E-state index in [0.29, 0.717) is 5.75 Å². The van der Waals surface area contributed by atoms with Crippen LogP contribution in [0.15, 0.2) is 29.4 Å². The Labute approximate surface area is 181 Å². The third kappa shape index (κ3) is 2.67. The lowest BCUT2D eigenvalue weighted by atomic mass is 9.71. The molecule has 31 heavy (non-hydrogen) atoms.